The topological polar surface area (TPSA) is 133 Å². The smallest absolute Gasteiger partial charge is 0.211 e. The number of aliphatic hydroxyl groups is 1. The van der Waals surface area contributed by atoms with E-state index in [9.17, 15) is 13.5 Å². The first-order valence-electron chi connectivity index (χ1n) is 9.88. The molecule has 0 radical (unpaired) electrons. The third-order valence-electron chi connectivity index (χ3n) is 5.73. The molecule has 29 heavy (non-hydrogen) atoms. The van der Waals surface area contributed by atoms with E-state index in [1.807, 2.05) is 25.8 Å². The van der Waals surface area contributed by atoms with Crippen molar-refractivity contribution in [2.45, 2.75) is 45.3 Å². The van der Waals surface area contributed by atoms with Crippen molar-refractivity contribution < 1.29 is 18.3 Å². The minimum Gasteiger partial charge on any atom is -0.392 e. The molecule has 1 unspecified atom stereocenters. The summed E-state index contributed by atoms with van der Waals surface area (Å²) in [5.74, 6) is 0.369. The van der Waals surface area contributed by atoms with Crippen molar-refractivity contribution in [2.24, 2.45) is 0 Å². The van der Waals surface area contributed by atoms with Crippen LogP contribution in [0.3, 0.4) is 0 Å². The molecule has 0 saturated carbocycles. The number of aromatic nitrogens is 1. The lowest BCUT2D eigenvalue weighted by atomic mass is 10.1. The summed E-state index contributed by atoms with van der Waals surface area (Å²) < 4.78 is 30.8. The standard InChI is InChI=1S/C18H32N6O4S/c1-5-28-11-18(10-25)21-15-16(12(2)13(3)20-17(15)19)24(18)22-14-6-8-23(9-7-14)29(4,26)27/h14,21-22,25H,5-11H2,1-4H3,(H2,19,20). The second kappa shape index (κ2) is 8.23. The van der Waals surface area contributed by atoms with Crippen molar-refractivity contribution in [3.05, 3.63) is 11.3 Å². The van der Waals surface area contributed by atoms with E-state index in [1.165, 1.54) is 10.6 Å². The van der Waals surface area contributed by atoms with Crippen molar-refractivity contribution >= 4 is 27.2 Å². The Hall–Kier alpha value is -1.66. The number of hydrazine groups is 1. The third kappa shape index (κ3) is 4.15. The molecule has 2 aliphatic heterocycles. The fraction of sp³-hybridized carbons (Fsp3) is 0.722. The zero-order valence-electron chi connectivity index (χ0n) is 17.5. The quantitative estimate of drug-likeness (QED) is 0.479. The number of nitrogens with zero attached hydrogens (tertiary/aromatic N) is 3. The number of aliphatic hydroxyl groups excluding tert-OH is 1. The molecule has 0 bridgehead atoms. The van der Waals surface area contributed by atoms with E-state index in [1.54, 1.807) is 0 Å². The molecule has 3 rings (SSSR count). The second-order valence-electron chi connectivity index (χ2n) is 7.78. The second-order valence-corrected chi connectivity index (χ2v) is 9.77. The zero-order chi connectivity index (χ0) is 21.4. The monoisotopic (exact) mass is 428 g/mol. The number of anilines is 3. The zero-order valence-corrected chi connectivity index (χ0v) is 18.3. The van der Waals surface area contributed by atoms with Gasteiger partial charge in [0.2, 0.25) is 10.0 Å². The Balaban J connectivity index is 1.91. The third-order valence-corrected chi connectivity index (χ3v) is 7.03. The molecule has 0 spiro atoms. The summed E-state index contributed by atoms with van der Waals surface area (Å²) in [5.41, 5.74) is 12.0. The summed E-state index contributed by atoms with van der Waals surface area (Å²) in [6.45, 7) is 7.21. The summed E-state index contributed by atoms with van der Waals surface area (Å²) in [5, 5.41) is 15.6. The number of pyridine rings is 1. The van der Waals surface area contributed by atoms with E-state index in [-0.39, 0.29) is 19.3 Å². The lowest BCUT2D eigenvalue weighted by Crippen LogP contribution is -2.65. The number of nitrogens with one attached hydrogen (secondary N) is 2. The van der Waals surface area contributed by atoms with Crippen LogP contribution in [-0.2, 0) is 14.8 Å². The first kappa shape index (κ1) is 22.0. The number of rotatable bonds is 7. The van der Waals surface area contributed by atoms with Crippen LogP contribution < -0.4 is 21.5 Å². The minimum absolute atomic E-state index is 0.0439. The fourth-order valence-corrected chi connectivity index (χ4v) is 4.79. The van der Waals surface area contributed by atoms with Crippen molar-refractivity contribution in [3.8, 4) is 0 Å². The van der Waals surface area contributed by atoms with E-state index in [0.29, 0.717) is 44.0 Å². The molecule has 10 nitrogen and oxygen atoms in total. The largest absolute Gasteiger partial charge is 0.392 e. The van der Waals surface area contributed by atoms with Gasteiger partial charge in [-0.05, 0) is 39.2 Å². The van der Waals surface area contributed by atoms with Gasteiger partial charge >= 0.3 is 0 Å². The molecular weight excluding hydrogens is 396 g/mol. The van der Waals surface area contributed by atoms with Gasteiger partial charge < -0.3 is 20.9 Å². The molecule has 1 atom stereocenters. The average Bonchev–Trinajstić information content (AvgIpc) is 3.00. The van der Waals surface area contributed by atoms with Crippen LogP contribution in [-0.4, -0.2) is 73.7 Å². The van der Waals surface area contributed by atoms with Crippen LogP contribution >= 0.6 is 0 Å². The molecule has 1 fully saturated rings. The van der Waals surface area contributed by atoms with Crippen LogP contribution in [0.25, 0.3) is 0 Å². The molecule has 5 N–H and O–H groups in total. The number of sulfonamides is 1. The Bertz CT molecular complexity index is 856. The summed E-state index contributed by atoms with van der Waals surface area (Å²) in [6, 6.07) is 0.0439. The summed E-state index contributed by atoms with van der Waals surface area (Å²) in [4.78, 5) is 4.41. The molecule has 1 saturated heterocycles. The van der Waals surface area contributed by atoms with Gasteiger partial charge in [-0.2, -0.15) is 0 Å². The van der Waals surface area contributed by atoms with Crippen molar-refractivity contribution in [3.63, 3.8) is 0 Å². The van der Waals surface area contributed by atoms with Crippen molar-refractivity contribution in [2.75, 3.05) is 55.2 Å². The lowest BCUT2D eigenvalue weighted by Gasteiger charge is -2.42. The van der Waals surface area contributed by atoms with E-state index in [2.05, 4.69) is 15.7 Å². The molecule has 1 aromatic rings. The molecule has 3 heterocycles. The number of ether oxygens (including phenoxy) is 1. The lowest BCUT2D eigenvalue weighted by molar-refractivity contribution is 0.0648. The highest BCUT2D eigenvalue weighted by Gasteiger charge is 2.47. The number of piperidine rings is 1. The Morgan fingerprint density at radius 1 is 1.38 bits per heavy atom. The number of nitrogens with two attached hydrogens (primary N) is 1. The van der Waals surface area contributed by atoms with Crippen LogP contribution in [0.5, 0.6) is 0 Å². The Kier molecular flexibility index (Phi) is 6.25. The first-order valence-corrected chi connectivity index (χ1v) is 11.7. The molecular formula is C18H32N6O4S. The van der Waals surface area contributed by atoms with Crippen LogP contribution in [0.2, 0.25) is 0 Å². The van der Waals surface area contributed by atoms with Gasteiger partial charge in [0.05, 0.1) is 25.2 Å². The minimum atomic E-state index is -3.19. The van der Waals surface area contributed by atoms with Gasteiger partial charge in [0.1, 0.15) is 11.5 Å². The maximum absolute atomic E-state index is 11.8. The summed E-state index contributed by atoms with van der Waals surface area (Å²) in [7, 11) is -3.19. The first-order chi connectivity index (χ1) is 13.6. The van der Waals surface area contributed by atoms with E-state index in [4.69, 9.17) is 10.5 Å². The Morgan fingerprint density at radius 2 is 2.03 bits per heavy atom. The summed E-state index contributed by atoms with van der Waals surface area (Å²) in [6.07, 6.45) is 2.56. The Morgan fingerprint density at radius 3 is 2.59 bits per heavy atom. The van der Waals surface area contributed by atoms with Gasteiger partial charge in [-0.3, -0.25) is 5.01 Å². The van der Waals surface area contributed by atoms with Gasteiger partial charge in [-0.15, -0.1) is 0 Å². The van der Waals surface area contributed by atoms with Crippen LogP contribution in [0.4, 0.5) is 17.2 Å². The highest BCUT2D eigenvalue weighted by molar-refractivity contribution is 7.88. The van der Waals surface area contributed by atoms with Gasteiger partial charge in [-0.25, -0.2) is 23.1 Å². The highest BCUT2D eigenvalue weighted by atomic mass is 32.2. The maximum atomic E-state index is 11.8. The number of hydrogen-bond acceptors (Lipinski definition) is 9. The SMILES string of the molecule is CCOCC1(CO)Nc2c(N)nc(C)c(C)c2N1NC1CCN(S(C)(=O)=O)CC1. The molecule has 2 aliphatic rings. The molecule has 164 valence electrons. The Labute approximate surface area is 172 Å². The molecule has 11 heteroatoms. The predicted octanol–water partition coefficient (Wildman–Crippen LogP) is 0.166. The number of fused-ring (bicyclic) bond motifs is 1. The maximum Gasteiger partial charge on any atom is 0.211 e. The van der Waals surface area contributed by atoms with Gasteiger partial charge in [0, 0.05) is 31.4 Å². The van der Waals surface area contributed by atoms with Crippen LogP contribution in [0, 0.1) is 13.8 Å². The van der Waals surface area contributed by atoms with Gasteiger partial charge in [0.15, 0.2) is 5.66 Å². The van der Waals surface area contributed by atoms with E-state index >= 15 is 0 Å². The van der Waals surface area contributed by atoms with Crippen LogP contribution in [0.15, 0.2) is 0 Å². The number of aryl methyl sites for hydroxylation is 1. The average molecular weight is 429 g/mol. The van der Waals surface area contributed by atoms with E-state index < -0.39 is 15.7 Å². The van der Waals surface area contributed by atoms with Crippen molar-refractivity contribution in [1.29, 1.82) is 0 Å². The van der Waals surface area contributed by atoms with Crippen molar-refractivity contribution in [1.82, 2.24) is 14.7 Å². The normalized spacial score (nSPS) is 23.3. The molecule has 0 aliphatic carbocycles. The van der Waals surface area contributed by atoms with Gasteiger partial charge in [0.25, 0.3) is 0 Å². The number of nitrogen functional groups attached to an aromatic ring is 1. The molecule has 0 aromatic carbocycles. The molecule has 1 aromatic heterocycles. The van der Waals surface area contributed by atoms with Crippen LogP contribution in [0.1, 0.15) is 31.0 Å². The van der Waals surface area contributed by atoms with Gasteiger partial charge in [-0.1, -0.05) is 0 Å². The number of hydrogen-bond donors (Lipinski definition) is 4. The fourth-order valence-electron chi connectivity index (χ4n) is 3.92. The van der Waals surface area contributed by atoms with E-state index in [0.717, 1.165) is 16.9 Å². The molecule has 0 amide bonds. The highest BCUT2D eigenvalue weighted by Crippen LogP contribution is 2.45. The summed E-state index contributed by atoms with van der Waals surface area (Å²) >= 11 is 0. The predicted molar refractivity (Wildman–Crippen MR) is 113 cm³/mol.